The van der Waals surface area contributed by atoms with E-state index in [1.54, 1.807) is 0 Å². The molecule has 0 spiro atoms. The van der Waals surface area contributed by atoms with E-state index in [9.17, 15) is 0 Å². The first-order chi connectivity index (χ1) is 41.6. The lowest BCUT2D eigenvalue weighted by Crippen LogP contribution is -2.69. The Morgan fingerprint density at radius 3 is 0.586 bits per heavy atom. The van der Waals surface area contributed by atoms with Gasteiger partial charge in [0.15, 0.2) is 33.6 Å². The van der Waals surface area contributed by atoms with Crippen LogP contribution in [0.4, 0.5) is 0 Å². The minimum absolute atomic E-state index is 0.621. The molecule has 0 saturated heterocycles. The maximum absolute atomic E-state index is 17.0. The van der Waals surface area contributed by atoms with Gasteiger partial charge in [0.2, 0.25) is 0 Å². The van der Waals surface area contributed by atoms with Gasteiger partial charge in [0.05, 0.1) is 22.4 Å². The van der Waals surface area contributed by atoms with Crippen LogP contribution in [0.3, 0.4) is 0 Å². The lowest BCUT2D eigenvalue weighted by molar-refractivity contribution is -0.408. The topological polar surface area (TPSA) is 103 Å². The number of ether oxygens (including phenoxy) is 1. The summed E-state index contributed by atoms with van der Waals surface area (Å²) in [6.45, 7) is 25.0. The maximum atomic E-state index is 17.0. The molecular weight excluding hydrogens is 1080 g/mol. The molecule has 11 aliphatic carbocycles. The van der Waals surface area contributed by atoms with Gasteiger partial charge in [-0.15, -0.1) is 0 Å². The van der Waals surface area contributed by atoms with Crippen LogP contribution in [0.2, 0.25) is 0 Å². The summed E-state index contributed by atoms with van der Waals surface area (Å²) in [5, 5.41) is 69.9. The van der Waals surface area contributed by atoms with Gasteiger partial charge in [-0.3, -0.25) is 0 Å². The van der Waals surface area contributed by atoms with Crippen molar-refractivity contribution in [2.75, 3.05) is 7.11 Å². The normalized spacial score (nSPS) is 29.2. The zero-order valence-electron chi connectivity index (χ0n) is 49.1. The molecule has 0 radical (unpaired) electrons. The molecule has 408 valence electrons. The minimum atomic E-state index is -2.15. The van der Waals surface area contributed by atoms with Gasteiger partial charge in [-0.2, -0.15) is 0 Å². The first-order valence-corrected chi connectivity index (χ1v) is 31.6. The van der Waals surface area contributed by atoms with E-state index in [1.807, 2.05) is 7.11 Å². The minimum Gasteiger partial charge on any atom is -0.377 e. The van der Waals surface area contributed by atoms with Gasteiger partial charge < -0.3 is 9.84 Å². The summed E-state index contributed by atoms with van der Waals surface area (Å²) >= 11 is 0. The summed E-state index contributed by atoms with van der Waals surface area (Å²) in [6.07, 6.45) is 0. The Bertz CT molecular complexity index is 6960. The third kappa shape index (κ3) is 2.61. The molecule has 0 bridgehead atoms. The van der Waals surface area contributed by atoms with E-state index < -0.39 is 56.0 Å². The highest BCUT2D eigenvalue weighted by Crippen LogP contribution is 2.92. The predicted molar refractivity (Wildman–Crippen MR) is 336 cm³/mol. The number of rotatable bonds is 9. The molecule has 0 aromatic heterocycles. The molecule has 2 unspecified atom stereocenters. The third-order valence-electron chi connectivity index (χ3n) is 26.4. The van der Waals surface area contributed by atoms with Gasteiger partial charge >= 0.3 is 0 Å². The summed E-state index contributed by atoms with van der Waals surface area (Å²) in [5.41, 5.74) is -0.624. The lowest BCUT2D eigenvalue weighted by Gasteiger charge is -2.61. The van der Waals surface area contributed by atoms with E-state index >= 15 is 5.11 Å². The van der Waals surface area contributed by atoms with E-state index in [0.717, 1.165) is 77.6 Å². The Hall–Kier alpha value is -7.42. The average Bonchev–Trinajstić information content (AvgIpc) is 1.37. The zero-order chi connectivity index (χ0) is 56.5. The van der Waals surface area contributed by atoms with Crippen LogP contribution in [0.1, 0.15) is 139 Å². The molecular formula is C77H40O10. The van der Waals surface area contributed by atoms with Gasteiger partial charge in [-0.1, -0.05) is 0 Å². The second kappa shape index (κ2) is 9.46. The maximum Gasteiger partial charge on any atom is 0.181 e. The Labute approximate surface area is 486 Å². The fraction of sp³-hybridized carbons (Fsp3) is 0.299. The Balaban J connectivity index is 1.07. The van der Waals surface area contributed by atoms with E-state index in [-0.39, 0.29) is 0 Å². The number of benzene rings is 15. The smallest absolute Gasteiger partial charge is 0.181 e. The molecule has 0 saturated carbocycles. The van der Waals surface area contributed by atoms with Crippen LogP contribution >= 0.6 is 0 Å². The van der Waals surface area contributed by atoms with Crippen LogP contribution in [0.15, 0.2) is 22.3 Å². The molecule has 6 atom stereocenters. The first kappa shape index (κ1) is 40.9. The van der Waals surface area contributed by atoms with Crippen molar-refractivity contribution in [1.29, 1.82) is 0 Å². The molecule has 21 aromatic rings. The molecule has 21 aromatic carbocycles. The van der Waals surface area contributed by atoms with E-state index in [0.29, 0.717) is 11.1 Å². The summed E-state index contributed by atoms with van der Waals surface area (Å²) in [4.78, 5) is 61.9. The van der Waals surface area contributed by atoms with Crippen LogP contribution in [0.5, 0.6) is 0 Å². The van der Waals surface area contributed by atoms with E-state index in [1.165, 1.54) is 205 Å². The van der Waals surface area contributed by atoms with Crippen LogP contribution in [0.25, 0.3) is 215 Å². The van der Waals surface area contributed by atoms with Crippen LogP contribution in [0, 0.1) is 0 Å². The Morgan fingerprint density at radius 2 is 0.391 bits per heavy atom. The van der Waals surface area contributed by atoms with Crippen molar-refractivity contribution in [3.63, 3.8) is 0 Å². The molecule has 1 N–H and O–H groups in total. The number of methoxy groups -OCH3 is 1. The second-order valence-electron chi connectivity index (χ2n) is 33.7. The molecule has 0 heterocycles. The van der Waals surface area contributed by atoms with Crippen molar-refractivity contribution in [2.45, 2.75) is 139 Å². The fourth-order valence-corrected chi connectivity index (χ4v) is 26.0. The third-order valence-corrected chi connectivity index (χ3v) is 26.4. The van der Waals surface area contributed by atoms with Crippen molar-refractivity contribution in [3.8, 4) is 0 Å². The molecule has 0 aliphatic heterocycles. The highest BCUT2D eigenvalue weighted by atomic mass is 17.2. The number of hydrogen-bond donors (Lipinski definition) is 1. The molecule has 0 fully saturated rings. The summed E-state index contributed by atoms with van der Waals surface area (Å²) in [5.74, 6) is 0. The van der Waals surface area contributed by atoms with E-state index in [4.69, 9.17) is 43.8 Å². The van der Waals surface area contributed by atoms with Crippen LogP contribution in [-0.2, 0) is 71.8 Å². The molecule has 0 amide bonds. The summed E-state index contributed by atoms with van der Waals surface area (Å²) in [6, 6.07) is 0. The molecule has 10 heteroatoms. The van der Waals surface area contributed by atoms with Crippen molar-refractivity contribution < 1.29 is 48.9 Å². The summed E-state index contributed by atoms with van der Waals surface area (Å²) in [7, 11) is 1.87. The SMILES string of the molecule is COC12c3c4c5c6c7c8c9c%10c%11c%12c%13c%14c%15c%16c%17c%18c(c1c1c3c3c5c5c%19c6c9c6c9c%10c%13c%10c%13c%14c%17c%14c%17c%18c1c1c3c5c3c(c1%17)c(c%14%13)c(c9%10)c3c%196)[C@@]%16(OOC(C)(C)C)C1=C(C(=C(C12O)[C@@]47OOC(C)(C)C)[C@@]8%11OOC(C)(C)C)[C@]%15%12OOC(C)(C)C. The van der Waals surface area contributed by atoms with Crippen molar-refractivity contribution in [1.82, 2.24) is 0 Å². The monoisotopic (exact) mass is 1120 g/mol. The van der Waals surface area contributed by atoms with Crippen LogP contribution in [-0.4, -0.2) is 40.2 Å². The van der Waals surface area contributed by atoms with Gasteiger partial charge in [-0.05, 0) is 299 Å². The molecule has 32 rings (SSSR count). The number of hydrogen-bond acceptors (Lipinski definition) is 10. The quantitative estimate of drug-likeness (QED) is 0.0854. The fourth-order valence-electron chi connectivity index (χ4n) is 26.0. The Kier molecular flexibility index (Phi) is 4.45. The number of aliphatic hydroxyl groups is 1. The van der Waals surface area contributed by atoms with Gasteiger partial charge in [0, 0.05) is 85.0 Å². The van der Waals surface area contributed by atoms with Gasteiger partial charge in [-0.25, -0.2) is 39.1 Å². The van der Waals surface area contributed by atoms with Gasteiger partial charge in [0.25, 0.3) is 0 Å². The Morgan fingerprint density at radius 1 is 0.230 bits per heavy atom. The lowest BCUT2D eigenvalue weighted by atomic mass is 9.49. The zero-order valence-corrected chi connectivity index (χ0v) is 49.1. The highest BCUT2D eigenvalue weighted by molar-refractivity contribution is 6.77. The molecule has 87 heavy (non-hydrogen) atoms. The van der Waals surface area contributed by atoms with Crippen molar-refractivity contribution in [3.05, 3.63) is 77.9 Å². The standard InChI is InChI=1S/C77H40O10/c1-68(2,3)80-84-72-54-44-34-24-19-14-15-17-18-16(14)21-27-25(19)35(34)45-47-37(27)39-29(21)31-23(18)33-32-22(17)30-28-20(15)26(24)36-38(28)48-50-40(30)42(32)52-53-43(33)41(31)51-49(39)59-57(47)73(55(45)54,85-81-69(4,5)6)65-64(72)66-74(86-82-70(7,8)9,58(48)56(72)46(36)44)60(50)62(52)77(79-13)63(53)61(51)75(59,67(65)76(66,77)78)87-83-71(10,11)12/h78H,1-13H3/t72-,73+,74-,75+,76?,77?. The highest BCUT2D eigenvalue weighted by Gasteiger charge is 2.89. The van der Waals surface area contributed by atoms with Crippen molar-refractivity contribution in [2.24, 2.45) is 0 Å². The van der Waals surface area contributed by atoms with Gasteiger partial charge in [0.1, 0.15) is 0 Å². The molecule has 10 nitrogen and oxygen atoms in total. The largest absolute Gasteiger partial charge is 0.377 e. The first-order valence-electron chi connectivity index (χ1n) is 31.6. The predicted octanol–water partition coefficient (Wildman–Crippen LogP) is 17.4. The average molecular weight is 1130 g/mol. The van der Waals surface area contributed by atoms with Crippen molar-refractivity contribution >= 4 is 215 Å². The summed E-state index contributed by atoms with van der Waals surface area (Å²) < 4.78 is 8.02. The van der Waals surface area contributed by atoms with Crippen LogP contribution < -0.4 is 0 Å². The second-order valence-corrected chi connectivity index (χ2v) is 33.7. The van der Waals surface area contributed by atoms with E-state index in [2.05, 4.69) is 83.1 Å². The molecule has 11 aliphatic rings.